The van der Waals surface area contributed by atoms with E-state index < -0.39 is 53.2 Å². The van der Waals surface area contributed by atoms with Gasteiger partial charge in [-0.3, -0.25) is 9.59 Å². The quantitative estimate of drug-likeness (QED) is 0.268. The molecular weight excluding hydrogens is 621 g/mol. The molecule has 3 aromatic rings. The molecular formula is C33H35F3N4O5S. The SMILES string of the molecule is COC(=O)[C@@]12C[C@H]1/C=C\CCCCC[C@H](Nc1cccc(C(F)(F)F)c1)C(=O)N1C[C@H](Oc3nc4ccccc4s3)C[C@H]1C(=O)N2. The van der Waals surface area contributed by atoms with Gasteiger partial charge in [-0.1, -0.05) is 54.5 Å². The fraction of sp³-hybridized carbons (Fsp3) is 0.455. The Morgan fingerprint density at radius 2 is 1.96 bits per heavy atom. The zero-order chi connectivity index (χ0) is 32.5. The van der Waals surface area contributed by atoms with Crippen LogP contribution in [0.15, 0.2) is 60.7 Å². The summed E-state index contributed by atoms with van der Waals surface area (Å²) in [5.74, 6) is -1.73. The summed E-state index contributed by atoms with van der Waals surface area (Å²) < 4.78 is 52.7. The summed E-state index contributed by atoms with van der Waals surface area (Å²) >= 11 is 1.35. The Kier molecular flexibility index (Phi) is 8.95. The van der Waals surface area contributed by atoms with Gasteiger partial charge in [0.05, 0.1) is 29.4 Å². The largest absolute Gasteiger partial charge is 0.467 e. The van der Waals surface area contributed by atoms with Gasteiger partial charge in [0.25, 0.3) is 5.19 Å². The van der Waals surface area contributed by atoms with E-state index in [0.29, 0.717) is 24.5 Å². The number of alkyl halides is 3. The second-order valence-electron chi connectivity index (χ2n) is 12.0. The summed E-state index contributed by atoms with van der Waals surface area (Å²) in [7, 11) is 1.27. The highest BCUT2D eigenvalue weighted by Crippen LogP contribution is 2.46. The summed E-state index contributed by atoms with van der Waals surface area (Å²) in [4.78, 5) is 47.1. The minimum Gasteiger partial charge on any atom is -0.467 e. The number of hydrogen-bond donors (Lipinski definition) is 2. The summed E-state index contributed by atoms with van der Waals surface area (Å²) in [5.41, 5.74) is -1.13. The zero-order valence-electron chi connectivity index (χ0n) is 25.2. The van der Waals surface area contributed by atoms with E-state index in [1.807, 2.05) is 36.4 Å². The van der Waals surface area contributed by atoms with Crippen LogP contribution in [0.1, 0.15) is 50.5 Å². The van der Waals surface area contributed by atoms with Crippen LogP contribution >= 0.6 is 11.3 Å². The van der Waals surface area contributed by atoms with Crippen molar-refractivity contribution in [2.24, 2.45) is 5.92 Å². The van der Waals surface area contributed by atoms with Gasteiger partial charge in [-0.2, -0.15) is 13.2 Å². The van der Waals surface area contributed by atoms with Gasteiger partial charge in [-0.05, 0) is 56.0 Å². The topological polar surface area (TPSA) is 110 Å². The lowest BCUT2D eigenvalue weighted by atomic mass is 10.0. The maximum atomic E-state index is 14.3. The molecule has 2 fully saturated rings. The van der Waals surface area contributed by atoms with Crippen LogP contribution < -0.4 is 15.4 Å². The van der Waals surface area contributed by atoms with E-state index in [9.17, 15) is 27.6 Å². The molecule has 0 bridgehead atoms. The average molecular weight is 657 g/mol. The maximum Gasteiger partial charge on any atom is 0.416 e. The number of nitrogens with zero attached hydrogens (tertiary/aromatic N) is 2. The first-order valence-electron chi connectivity index (χ1n) is 15.4. The number of esters is 1. The monoisotopic (exact) mass is 656 g/mol. The molecule has 13 heteroatoms. The molecule has 1 aliphatic carbocycles. The van der Waals surface area contributed by atoms with Crippen LogP contribution in [0.25, 0.3) is 10.2 Å². The standard InChI is InChI=1S/C33H35F3N4O5S/c1-44-30(43)32-18-21(32)10-5-3-2-4-6-14-25(37-22-12-9-11-20(16-22)33(34,35)36)29(42)40-19-23(17-26(40)28(41)39-32)45-31-38-24-13-7-8-15-27(24)46-31/h5,7-13,15-16,21,23,25-26,37H,2-4,6,14,17-19H2,1H3,(H,39,41)/b10-5-/t21-,23-,25+,26+,32-/m1/s1. The molecule has 3 heterocycles. The third-order valence-corrected chi connectivity index (χ3v) is 9.79. The van der Waals surface area contributed by atoms with Crippen LogP contribution in [-0.4, -0.2) is 65.0 Å². The number of para-hydroxylation sites is 1. The van der Waals surface area contributed by atoms with Crippen molar-refractivity contribution in [1.82, 2.24) is 15.2 Å². The first-order valence-corrected chi connectivity index (χ1v) is 16.2. The lowest BCUT2D eigenvalue weighted by Crippen LogP contribution is -2.55. The molecule has 1 aromatic heterocycles. The molecule has 0 unspecified atom stereocenters. The number of benzene rings is 2. The molecule has 1 saturated heterocycles. The van der Waals surface area contributed by atoms with Gasteiger partial charge in [0.15, 0.2) is 0 Å². The molecule has 2 N–H and O–H groups in total. The zero-order valence-corrected chi connectivity index (χ0v) is 26.0. The van der Waals surface area contributed by atoms with Crippen molar-refractivity contribution in [1.29, 1.82) is 0 Å². The molecule has 46 heavy (non-hydrogen) atoms. The molecule has 2 amide bonds. The van der Waals surface area contributed by atoms with E-state index in [4.69, 9.17) is 9.47 Å². The number of carbonyl (C=O) groups excluding carboxylic acids is 3. The minimum absolute atomic E-state index is 0.0577. The van der Waals surface area contributed by atoms with E-state index in [0.717, 1.165) is 41.6 Å². The number of ether oxygens (including phenoxy) is 2. The first kappa shape index (κ1) is 31.8. The van der Waals surface area contributed by atoms with Gasteiger partial charge in [-0.25, -0.2) is 9.78 Å². The summed E-state index contributed by atoms with van der Waals surface area (Å²) in [6, 6.07) is 10.4. The Labute approximate surface area is 268 Å². The van der Waals surface area contributed by atoms with Crippen molar-refractivity contribution in [3.8, 4) is 5.19 Å². The van der Waals surface area contributed by atoms with Crippen molar-refractivity contribution in [2.75, 3.05) is 19.0 Å². The smallest absolute Gasteiger partial charge is 0.416 e. The first-order chi connectivity index (χ1) is 22.1. The van der Waals surface area contributed by atoms with E-state index >= 15 is 0 Å². The Balaban J connectivity index is 1.30. The number of halogens is 3. The van der Waals surface area contributed by atoms with Crippen molar-refractivity contribution >= 4 is 45.0 Å². The lowest BCUT2D eigenvalue weighted by molar-refractivity contribution is -0.148. The molecule has 3 aliphatic rings. The number of anilines is 1. The highest BCUT2D eigenvalue weighted by Gasteiger charge is 2.62. The molecule has 9 nitrogen and oxygen atoms in total. The Morgan fingerprint density at radius 1 is 1.13 bits per heavy atom. The van der Waals surface area contributed by atoms with Gasteiger partial charge < -0.3 is 25.0 Å². The highest BCUT2D eigenvalue weighted by molar-refractivity contribution is 7.20. The Morgan fingerprint density at radius 3 is 2.74 bits per heavy atom. The third kappa shape index (κ3) is 6.69. The number of carbonyl (C=O) groups is 3. The van der Waals surface area contributed by atoms with Crippen LogP contribution in [0.3, 0.4) is 0 Å². The van der Waals surface area contributed by atoms with E-state index in [1.165, 1.54) is 35.5 Å². The molecule has 5 atom stereocenters. The van der Waals surface area contributed by atoms with E-state index in [1.54, 1.807) is 0 Å². The molecule has 0 spiro atoms. The van der Waals surface area contributed by atoms with Gasteiger partial charge in [0.2, 0.25) is 11.8 Å². The number of amides is 2. The van der Waals surface area contributed by atoms with Crippen LogP contribution in [0.2, 0.25) is 0 Å². The lowest BCUT2D eigenvalue weighted by Gasteiger charge is -2.30. The predicted molar refractivity (Wildman–Crippen MR) is 166 cm³/mol. The predicted octanol–water partition coefficient (Wildman–Crippen LogP) is 5.71. The van der Waals surface area contributed by atoms with Gasteiger partial charge in [0, 0.05) is 18.0 Å². The Bertz CT molecular complexity index is 1610. The molecule has 2 aromatic carbocycles. The summed E-state index contributed by atoms with van der Waals surface area (Å²) in [6.45, 7) is 0.0577. The van der Waals surface area contributed by atoms with Crippen molar-refractivity contribution < 1.29 is 37.0 Å². The summed E-state index contributed by atoms with van der Waals surface area (Å²) in [6.07, 6.45) is 2.68. The number of thiazole rings is 1. The Hall–Kier alpha value is -4.13. The van der Waals surface area contributed by atoms with Gasteiger partial charge in [0.1, 0.15) is 23.7 Å². The second-order valence-corrected chi connectivity index (χ2v) is 13.0. The molecule has 6 rings (SSSR count). The van der Waals surface area contributed by atoms with Gasteiger partial charge in [-0.15, -0.1) is 0 Å². The number of allylic oxidation sites excluding steroid dienone is 1. The number of hydrogen-bond acceptors (Lipinski definition) is 8. The number of aromatic nitrogens is 1. The van der Waals surface area contributed by atoms with Crippen LogP contribution in [0.5, 0.6) is 5.19 Å². The van der Waals surface area contributed by atoms with E-state index in [-0.39, 0.29) is 24.6 Å². The van der Waals surface area contributed by atoms with E-state index in [2.05, 4.69) is 15.6 Å². The van der Waals surface area contributed by atoms with Crippen LogP contribution in [-0.2, 0) is 25.3 Å². The van der Waals surface area contributed by atoms with Crippen LogP contribution in [0, 0.1) is 5.92 Å². The molecule has 1 saturated carbocycles. The normalized spacial score (nSPS) is 27.9. The van der Waals surface area contributed by atoms with Crippen molar-refractivity contribution in [3.63, 3.8) is 0 Å². The second kappa shape index (κ2) is 12.9. The van der Waals surface area contributed by atoms with Crippen molar-refractivity contribution in [3.05, 3.63) is 66.2 Å². The average Bonchev–Trinajstić information content (AvgIpc) is 3.34. The molecule has 244 valence electrons. The highest BCUT2D eigenvalue weighted by atomic mass is 32.1. The summed E-state index contributed by atoms with van der Waals surface area (Å²) in [5, 5.41) is 6.34. The third-order valence-electron chi connectivity index (χ3n) is 8.86. The fourth-order valence-corrected chi connectivity index (χ4v) is 7.23. The maximum absolute atomic E-state index is 14.3. The number of methoxy groups -OCH3 is 1. The number of nitrogens with one attached hydrogen (secondary N) is 2. The molecule has 2 aliphatic heterocycles. The van der Waals surface area contributed by atoms with Crippen LogP contribution in [0.4, 0.5) is 18.9 Å². The minimum atomic E-state index is -4.55. The number of rotatable bonds is 5. The van der Waals surface area contributed by atoms with Crippen molar-refractivity contribution in [2.45, 2.75) is 74.8 Å². The number of fused-ring (bicyclic) bond motifs is 3. The fourth-order valence-electron chi connectivity index (χ4n) is 6.35. The molecule has 0 radical (unpaired) electrons. The van der Waals surface area contributed by atoms with Gasteiger partial charge >= 0.3 is 12.1 Å².